The third-order valence-electron chi connectivity index (χ3n) is 5.64. The van der Waals surface area contributed by atoms with Crippen LogP contribution in [0.25, 0.3) is 10.9 Å². The number of aryl methyl sites for hydroxylation is 1. The molecule has 33 heavy (non-hydrogen) atoms. The number of hydrogen-bond acceptors (Lipinski definition) is 4. The molecule has 0 aliphatic carbocycles. The molecule has 0 saturated heterocycles. The molecule has 0 saturated carbocycles. The molecule has 1 heterocycles. The number of carbonyl (C=O) groups excluding carboxylic acids is 1. The van der Waals surface area contributed by atoms with Crippen LogP contribution in [0.15, 0.2) is 83.9 Å². The summed E-state index contributed by atoms with van der Waals surface area (Å²) >= 11 is 0. The maximum atomic E-state index is 12.9. The lowest BCUT2D eigenvalue weighted by atomic mass is 10.1. The highest BCUT2D eigenvalue weighted by Gasteiger charge is 2.15. The molecule has 1 aromatic heterocycles. The van der Waals surface area contributed by atoms with E-state index in [9.17, 15) is 9.59 Å². The Balaban J connectivity index is 1.40. The summed E-state index contributed by atoms with van der Waals surface area (Å²) in [5, 5.41) is 0.527. The maximum absolute atomic E-state index is 12.9. The molecule has 0 N–H and O–H groups in total. The van der Waals surface area contributed by atoms with Crippen LogP contribution in [0, 0.1) is 6.92 Å². The van der Waals surface area contributed by atoms with Gasteiger partial charge in [-0.3, -0.25) is 14.2 Å². The van der Waals surface area contributed by atoms with Crippen LogP contribution in [-0.2, 0) is 24.5 Å². The van der Waals surface area contributed by atoms with Crippen molar-refractivity contribution in [1.82, 2.24) is 14.5 Å². The van der Waals surface area contributed by atoms with Crippen molar-refractivity contribution < 1.29 is 9.53 Å². The van der Waals surface area contributed by atoms with E-state index >= 15 is 0 Å². The van der Waals surface area contributed by atoms with Crippen LogP contribution in [0.2, 0.25) is 0 Å². The van der Waals surface area contributed by atoms with Gasteiger partial charge in [-0.2, -0.15) is 0 Å². The number of hydrogen-bond donors (Lipinski definition) is 0. The van der Waals surface area contributed by atoms with Crippen LogP contribution < -0.4 is 10.3 Å². The number of para-hydroxylation sites is 1. The first kappa shape index (κ1) is 22.3. The maximum Gasteiger partial charge on any atom is 0.261 e. The highest BCUT2D eigenvalue weighted by Crippen LogP contribution is 2.16. The summed E-state index contributed by atoms with van der Waals surface area (Å²) in [6.45, 7) is 5.32. The van der Waals surface area contributed by atoms with E-state index in [1.165, 1.54) is 10.9 Å². The van der Waals surface area contributed by atoms with Crippen molar-refractivity contribution in [2.45, 2.75) is 33.5 Å². The molecule has 0 aliphatic heterocycles. The van der Waals surface area contributed by atoms with Gasteiger partial charge in [0.05, 0.1) is 17.2 Å². The number of amides is 1. The molecule has 6 nitrogen and oxygen atoms in total. The number of benzene rings is 3. The molecule has 4 rings (SSSR count). The zero-order chi connectivity index (χ0) is 23.2. The molecule has 4 aromatic rings. The zero-order valence-corrected chi connectivity index (χ0v) is 18.9. The highest BCUT2D eigenvalue weighted by atomic mass is 16.5. The Hall–Kier alpha value is -3.93. The lowest BCUT2D eigenvalue weighted by molar-refractivity contribution is -0.132. The van der Waals surface area contributed by atoms with Gasteiger partial charge in [-0.25, -0.2) is 4.98 Å². The largest absolute Gasteiger partial charge is 0.489 e. The minimum Gasteiger partial charge on any atom is -0.489 e. The smallest absolute Gasteiger partial charge is 0.261 e. The molecule has 0 spiro atoms. The van der Waals surface area contributed by atoms with E-state index in [4.69, 9.17) is 4.74 Å². The first-order valence-electron chi connectivity index (χ1n) is 11.0. The minimum absolute atomic E-state index is 0.0399. The van der Waals surface area contributed by atoms with Crippen molar-refractivity contribution in [2.24, 2.45) is 0 Å². The first-order valence-corrected chi connectivity index (χ1v) is 11.0. The van der Waals surface area contributed by atoms with Crippen molar-refractivity contribution in [2.75, 3.05) is 6.54 Å². The molecule has 0 fully saturated rings. The Bertz CT molecular complexity index is 1300. The first-order chi connectivity index (χ1) is 16.0. The lowest BCUT2D eigenvalue weighted by Gasteiger charge is -2.21. The molecule has 0 unspecified atom stereocenters. The molecule has 6 heteroatoms. The second-order valence-electron chi connectivity index (χ2n) is 7.97. The molecule has 0 bridgehead atoms. The number of carbonyl (C=O) groups is 1. The van der Waals surface area contributed by atoms with Gasteiger partial charge in [0.15, 0.2) is 0 Å². The van der Waals surface area contributed by atoms with E-state index in [1.54, 1.807) is 11.0 Å². The van der Waals surface area contributed by atoms with Gasteiger partial charge < -0.3 is 9.64 Å². The Morgan fingerprint density at radius 2 is 1.73 bits per heavy atom. The number of aromatic nitrogens is 2. The molecule has 1 amide bonds. The Labute approximate surface area is 193 Å². The number of fused-ring (bicyclic) bond motifs is 1. The van der Waals surface area contributed by atoms with E-state index < -0.39 is 0 Å². The summed E-state index contributed by atoms with van der Waals surface area (Å²) in [5.74, 6) is 0.652. The van der Waals surface area contributed by atoms with Crippen molar-refractivity contribution in [3.05, 3.63) is 106 Å². The number of rotatable bonds is 8. The Kier molecular flexibility index (Phi) is 6.83. The van der Waals surface area contributed by atoms with E-state index in [2.05, 4.69) is 4.98 Å². The zero-order valence-electron chi connectivity index (χ0n) is 18.9. The second-order valence-corrected chi connectivity index (χ2v) is 7.97. The monoisotopic (exact) mass is 441 g/mol. The van der Waals surface area contributed by atoms with Gasteiger partial charge in [-0.05, 0) is 48.7 Å². The molecule has 168 valence electrons. The van der Waals surface area contributed by atoms with Crippen LogP contribution in [0.5, 0.6) is 5.75 Å². The summed E-state index contributed by atoms with van der Waals surface area (Å²) in [7, 11) is 0. The van der Waals surface area contributed by atoms with Gasteiger partial charge in [0.1, 0.15) is 18.9 Å². The van der Waals surface area contributed by atoms with Crippen molar-refractivity contribution in [3.8, 4) is 5.75 Å². The molecule has 0 atom stereocenters. The summed E-state index contributed by atoms with van der Waals surface area (Å²) in [6, 6.07) is 23.2. The Morgan fingerprint density at radius 3 is 2.45 bits per heavy atom. The van der Waals surface area contributed by atoms with Crippen molar-refractivity contribution in [1.29, 1.82) is 0 Å². The van der Waals surface area contributed by atoms with Crippen LogP contribution >= 0.6 is 0 Å². The second kappa shape index (κ2) is 10.1. The Morgan fingerprint density at radius 1 is 0.970 bits per heavy atom. The average molecular weight is 442 g/mol. The highest BCUT2D eigenvalue weighted by molar-refractivity contribution is 5.81. The van der Waals surface area contributed by atoms with Gasteiger partial charge in [0.2, 0.25) is 5.91 Å². The van der Waals surface area contributed by atoms with Gasteiger partial charge >= 0.3 is 0 Å². The number of likely N-dealkylation sites (N-methyl/N-ethyl adjacent to an activating group) is 1. The summed E-state index contributed by atoms with van der Waals surface area (Å²) in [5.41, 5.74) is 3.52. The van der Waals surface area contributed by atoms with Gasteiger partial charge in [0.25, 0.3) is 5.56 Å². The molecule has 0 radical (unpaired) electrons. The van der Waals surface area contributed by atoms with Crippen LogP contribution in [0.3, 0.4) is 0 Å². The lowest BCUT2D eigenvalue weighted by Crippen LogP contribution is -2.36. The number of nitrogens with zero attached hydrogens (tertiary/aromatic N) is 3. The van der Waals surface area contributed by atoms with Crippen LogP contribution in [0.1, 0.15) is 23.6 Å². The third kappa shape index (κ3) is 5.29. The van der Waals surface area contributed by atoms with Crippen molar-refractivity contribution in [3.63, 3.8) is 0 Å². The standard InChI is InChI=1S/C27H27N3O3/c1-3-29(16-21-12-14-23(15-13-21)33-18-22-9-5-4-6-10-22)25(31)17-30-19-28-26-20(2)8-7-11-24(26)27(30)32/h4-15,19H,3,16-18H2,1-2H3. The molecular weight excluding hydrogens is 414 g/mol. The fourth-order valence-electron chi connectivity index (χ4n) is 3.72. The predicted molar refractivity (Wildman–Crippen MR) is 129 cm³/mol. The minimum atomic E-state index is -0.201. The summed E-state index contributed by atoms with van der Waals surface area (Å²) in [4.78, 5) is 31.9. The van der Waals surface area contributed by atoms with Crippen molar-refractivity contribution >= 4 is 16.8 Å². The number of ether oxygens (including phenoxy) is 1. The van der Waals surface area contributed by atoms with Crippen LogP contribution in [-0.4, -0.2) is 26.9 Å². The quantitative estimate of drug-likeness (QED) is 0.408. The average Bonchev–Trinajstić information content (AvgIpc) is 2.84. The topological polar surface area (TPSA) is 64.4 Å². The third-order valence-corrected chi connectivity index (χ3v) is 5.64. The van der Waals surface area contributed by atoms with Gasteiger partial charge in [-0.1, -0.05) is 54.6 Å². The normalized spacial score (nSPS) is 10.8. The SMILES string of the molecule is CCN(Cc1ccc(OCc2ccccc2)cc1)C(=O)Cn1cnc2c(C)cccc2c1=O. The molecular formula is C27H27N3O3. The van der Waals surface area contributed by atoms with Gasteiger partial charge in [-0.15, -0.1) is 0 Å². The molecule has 3 aromatic carbocycles. The summed E-state index contributed by atoms with van der Waals surface area (Å²) < 4.78 is 7.22. The summed E-state index contributed by atoms with van der Waals surface area (Å²) in [6.07, 6.45) is 1.46. The molecule has 0 aliphatic rings. The fourth-order valence-corrected chi connectivity index (χ4v) is 3.72. The van der Waals surface area contributed by atoms with Crippen LogP contribution in [0.4, 0.5) is 0 Å². The van der Waals surface area contributed by atoms with E-state index in [1.807, 2.05) is 80.6 Å². The van der Waals surface area contributed by atoms with E-state index in [-0.39, 0.29) is 18.0 Å². The van der Waals surface area contributed by atoms with E-state index in [0.717, 1.165) is 22.4 Å². The van der Waals surface area contributed by atoms with Gasteiger partial charge in [0, 0.05) is 13.1 Å². The predicted octanol–water partition coefficient (Wildman–Crippen LogP) is 4.33. The van der Waals surface area contributed by atoms with E-state index in [0.29, 0.717) is 30.6 Å². The fraction of sp³-hybridized carbons (Fsp3) is 0.222.